The fourth-order valence-corrected chi connectivity index (χ4v) is 12.1. The summed E-state index contributed by atoms with van der Waals surface area (Å²) in [7, 11) is -0.334. The van der Waals surface area contributed by atoms with Gasteiger partial charge in [-0.15, -0.1) is 0 Å². The van der Waals surface area contributed by atoms with Crippen LogP contribution in [0.1, 0.15) is 139 Å². The fraction of sp³-hybridized carbons (Fsp3) is 0.756. The minimum Gasteiger partial charge on any atom is -0.541 e. The molecule has 1 aromatic rings. The molecule has 0 radical (unpaired) electrons. The predicted octanol–water partition coefficient (Wildman–Crippen LogP) is 12.7. The Kier molecular flexibility index (Phi) is 11.9. The first-order chi connectivity index (χ1) is 23.4. The number of allylic oxidation sites excluding steroid dienone is 1. The lowest BCUT2D eigenvalue weighted by molar-refractivity contribution is -0.145. The molecule has 3 saturated carbocycles. The maximum atomic E-state index is 13.1. The zero-order valence-electron chi connectivity index (χ0n) is 34.0. The molecule has 9 atom stereocenters. The Morgan fingerprint density at radius 1 is 1.00 bits per heavy atom. The molecule has 4 nitrogen and oxygen atoms in total. The molecule has 5 heteroatoms. The van der Waals surface area contributed by atoms with Gasteiger partial charge in [0.15, 0.2) is 5.75 Å². The predicted molar refractivity (Wildman–Crippen MR) is 212 cm³/mol. The van der Waals surface area contributed by atoms with Gasteiger partial charge >= 0.3 is 5.97 Å². The number of methoxy groups -OCH3 is 1. The van der Waals surface area contributed by atoms with Crippen molar-refractivity contribution < 1.29 is 18.7 Å². The largest absolute Gasteiger partial charge is 0.541 e. The Morgan fingerprint density at radius 2 is 1.74 bits per heavy atom. The normalized spacial score (nSPS) is 32.5. The smallest absolute Gasteiger partial charge is 0.331 e. The molecule has 0 aromatic heterocycles. The maximum absolute atomic E-state index is 13.1. The van der Waals surface area contributed by atoms with Gasteiger partial charge in [0.05, 0.1) is 7.11 Å². The third-order valence-electron chi connectivity index (χ3n) is 15.3. The van der Waals surface area contributed by atoms with Gasteiger partial charge in [-0.2, -0.15) is 0 Å². The number of ether oxygens (including phenoxy) is 2. The summed E-state index contributed by atoms with van der Waals surface area (Å²) >= 11 is 0. The van der Waals surface area contributed by atoms with Crippen molar-refractivity contribution in [3.63, 3.8) is 0 Å². The van der Waals surface area contributed by atoms with Crippen LogP contribution in [0, 0.1) is 52.3 Å². The van der Waals surface area contributed by atoms with Crippen LogP contribution in [0.5, 0.6) is 11.5 Å². The molecule has 4 aliphatic carbocycles. The van der Waals surface area contributed by atoms with Crippen LogP contribution in [0.15, 0.2) is 35.9 Å². The van der Waals surface area contributed by atoms with Crippen LogP contribution in [0.25, 0.3) is 6.08 Å². The molecular weight excluding hydrogens is 633 g/mol. The van der Waals surface area contributed by atoms with Crippen LogP contribution < -0.4 is 9.16 Å². The second kappa shape index (κ2) is 15.2. The van der Waals surface area contributed by atoms with Gasteiger partial charge in [-0.1, -0.05) is 92.9 Å². The SMILES string of the molecule is CC[C@H](CC[C@@H](C)[C@H]1CC[C@H]2[C@@H]3CC=C4C[C@@H](OC(=O)/C=C/c5ccc(O[Si](C)(C)C(C)(C)C)c(OC)c5)CC[C@]4(C)[C@H]3CC[C@]12C)C(C)C. The molecular formula is C45H72O4Si. The number of benzene rings is 1. The number of hydrogen-bond donors (Lipinski definition) is 0. The molecule has 3 fully saturated rings. The monoisotopic (exact) mass is 705 g/mol. The van der Waals surface area contributed by atoms with E-state index in [0.717, 1.165) is 72.0 Å². The fourth-order valence-electron chi connectivity index (χ4n) is 11.1. The van der Waals surface area contributed by atoms with Gasteiger partial charge in [-0.3, -0.25) is 0 Å². The third-order valence-corrected chi connectivity index (χ3v) is 19.7. The minimum absolute atomic E-state index is 0.0405. The molecule has 50 heavy (non-hydrogen) atoms. The van der Waals surface area contributed by atoms with E-state index in [-0.39, 0.29) is 22.5 Å². The average Bonchev–Trinajstić information content (AvgIpc) is 3.41. The van der Waals surface area contributed by atoms with Gasteiger partial charge < -0.3 is 13.9 Å². The van der Waals surface area contributed by atoms with E-state index in [1.54, 1.807) is 18.8 Å². The second-order valence-electron chi connectivity index (χ2n) is 19.4. The average molecular weight is 705 g/mol. The molecule has 0 unspecified atom stereocenters. The maximum Gasteiger partial charge on any atom is 0.331 e. The van der Waals surface area contributed by atoms with Crippen LogP contribution in [-0.4, -0.2) is 27.5 Å². The van der Waals surface area contributed by atoms with Crippen LogP contribution in [0.3, 0.4) is 0 Å². The number of hydrogen-bond acceptors (Lipinski definition) is 4. The Morgan fingerprint density at radius 3 is 2.40 bits per heavy atom. The molecule has 280 valence electrons. The molecule has 0 aliphatic heterocycles. The van der Waals surface area contributed by atoms with E-state index < -0.39 is 8.32 Å². The summed E-state index contributed by atoms with van der Waals surface area (Å²) in [5.74, 6) is 7.04. The van der Waals surface area contributed by atoms with Crippen molar-refractivity contribution >= 4 is 20.4 Å². The van der Waals surface area contributed by atoms with Gasteiger partial charge in [0.2, 0.25) is 0 Å². The Bertz CT molecular complexity index is 1400. The number of fused-ring (bicyclic) bond motifs is 5. The molecule has 5 rings (SSSR count). The van der Waals surface area contributed by atoms with Gasteiger partial charge in [0.25, 0.3) is 8.32 Å². The first-order valence-corrected chi connectivity index (χ1v) is 23.3. The van der Waals surface area contributed by atoms with Crippen molar-refractivity contribution in [2.24, 2.45) is 52.3 Å². The van der Waals surface area contributed by atoms with Crippen molar-refractivity contribution in [1.82, 2.24) is 0 Å². The van der Waals surface area contributed by atoms with E-state index in [1.165, 1.54) is 51.4 Å². The summed E-state index contributed by atoms with van der Waals surface area (Å²) in [6.45, 7) is 26.2. The first kappa shape index (κ1) is 39.2. The number of esters is 1. The van der Waals surface area contributed by atoms with Crippen LogP contribution >= 0.6 is 0 Å². The molecule has 4 aliphatic rings. The highest BCUT2D eigenvalue weighted by atomic mass is 28.4. The van der Waals surface area contributed by atoms with Crippen molar-refractivity contribution in [2.75, 3.05) is 7.11 Å². The summed E-state index contributed by atoms with van der Waals surface area (Å²) < 4.78 is 18.3. The van der Waals surface area contributed by atoms with Crippen LogP contribution in [0.4, 0.5) is 0 Å². The van der Waals surface area contributed by atoms with E-state index in [2.05, 4.69) is 81.5 Å². The van der Waals surface area contributed by atoms with Gasteiger partial charge in [-0.05, 0) is 146 Å². The summed E-state index contributed by atoms with van der Waals surface area (Å²) in [5.41, 5.74) is 3.22. The van der Waals surface area contributed by atoms with E-state index in [1.807, 2.05) is 24.3 Å². The van der Waals surface area contributed by atoms with Crippen molar-refractivity contribution in [3.8, 4) is 11.5 Å². The lowest BCUT2D eigenvalue weighted by Crippen LogP contribution is -2.51. The van der Waals surface area contributed by atoms with Crippen LogP contribution in [0.2, 0.25) is 18.1 Å². The highest BCUT2D eigenvalue weighted by Crippen LogP contribution is 2.67. The molecule has 0 spiro atoms. The standard InChI is InChI=1S/C45H72O4Si/c1-13-33(30(2)3)17-14-31(4)37-20-21-38-36-19-18-34-29-35(24-26-44(34,8)39(36)25-27-45(37,38)9)48-42(46)23-16-32-15-22-40(41(28-32)47-10)49-50(11,12)43(5,6)7/h15-16,18,22-23,28,30-31,33,35-39H,13-14,17,19-21,24-27,29H2,1-12H3/b23-16+/t31-,33-,35+,36+,37-,38+,39+,44+,45-/m1/s1. The van der Waals surface area contributed by atoms with Gasteiger partial charge in [0, 0.05) is 12.5 Å². The van der Waals surface area contributed by atoms with E-state index in [9.17, 15) is 4.79 Å². The van der Waals surface area contributed by atoms with Crippen molar-refractivity contribution in [3.05, 3.63) is 41.5 Å². The molecule has 1 aromatic carbocycles. The molecule has 0 bridgehead atoms. The number of rotatable bonds is 12. The van der Waals surface area contributed by atoms with Crippen molar-refractivity contribution in [2.45, 2.75) is 157 Å². The Hall–Kier alpha value is -2.01. The lowest BCUT2D eigenvalue weighted by atomic mass is 9.47. The Labute approximate surface area is 307 Å². The quantitative estimate of drug-likeness (QED) is 0.0940. The molecule has 0 amide bonds. The number of carbonyl (C=O) groups excluding carboxylic acids is 1. The highest BCUT2D eigenvalue weighted by Gasteiger charge is 2.59. The van der Waals surface area contributed by atoms with E-state index >= 15 is 0 Å². The van der Waals surface area contributed by atoms with E-state index in [0.29, 0.717) is 11.2 Å². The zero-order chi connectivity index (χ0) is 36.6. The topological polar surface area (TPSA) is 44.8 Å². The molecule has 0 saturated heterocycles. The molecule has 0 heterocycles. The summed E-state index contributed by atoms with van der Waals surface area (Å²) in [5, 5.41) is 0.0910. The number of carbonyl (C=O) groups is 1. The van der Waals surface area contributed by atoms with Gasteiger partial charge in [0.1, 0.15) is 11.9 Å². The van der Waals surface area contributed by atoms with Crippen LogP contribution in [-0.2, 0) is 9.53 Å². The van der Waals surface area contributed by atoms with Crippen molar-refractivity contribution in [1.29, 1.82) is 0 Å². The third kappa shape index (κ3) is 7.84. The van der Waals surface area contributed by atoms with Gasteiger partial charge in [-0.25, -0.2) is 4.79 Å². The van der Waals surface area contributed by atoms with E-state index in [4.69, 9.17) is 13.9 Å². The summed E-state index contributed by atoms with van der Waals surface area (Å²) in [6, 6.07) is 5.89. The summed E-state index contributed by atoms with van der Waals surface area (Å²) in [4.78, 5) is 13.1. The lowest BCUT2D eigenvalue weighted by Gasteiger charge is -2.58. The highest BCUT2D eigenvalue weighted by molar-refractivity contribution is 6.74. The minimum atomic E-state index is -2.00. The molecule has 0 N–H and O–H groups in total. The second-order valence-corrected chi connectivity index (χ2v) is 24.1. The Balaban J connectivity index is 1.19. The zero-order valence-corrected chi connectivity index (χ0v) is 35.0. The first-order valence-electron chi connectivity index (χ1n) is 20.4. The summed E-state index contributed by atoms with van der Waals surface area (Å²) in [6.07, 6.45) is 19.9.